The molecule has 0 spiro atoms. The standard InChI is InChI=1S/C52H31N3O2/c1-53-41-30-35(33-24-25-43-42-18-8-9-19-44(42)52(45(43)32-33,39-14-4-2-5-15-39)40-16-6-3-7-17-40)26-36(31-41)34-27-37(50-54-46-20-10-12-22-48(46)56-50)29-38(28-34)51-55-47-21-11-13-23-49(47)57-51/h2-32H. The molecule has 5 heteroatoms. The maximum Gasteiger partial charge on any atom is 0.227 e. The molecule has 0 saturated heterocycles. The third-order valence-electron chi connectivity index (χ3n) is 11.2. The maximum absolute atomic E-state index is 8.21. The monoisotopic (exact) mass is 729 g/mol. The van der Waals surface area contributed by atoms with Gasteiger partial charge in [0.05, 0.1) is 12.0 Å². The molecule has 57 heavy (non-hydrogen) atoms. The van der Waals surface area contributed by atoms with Gasteiger partial charge < -0.3 is 8.83 Å². The Labute approximate surface area is 329 Å². The van der Waals surface area contributed by atoms with Crippen molar-refractivity contribution in [3.63, 3.8) is 0 Å². The van der Waals surface area contributed by atoms with Crippen LogP contribution in [0.1, 0.15) is 22.3 Å². The SMILES string of the molecule is [C-]#[N+]c1cc(-c2cc(-c3nc4ccccc4o3)cc(-c3nc4ccccc4o3)c2)cc(-c2ccc3c(c2)C(c2ccccc2)(c2ccccc2)c2ccccc2-3)c1. The van der Waals surface area contributed by atoms with E-state index in [-0.39, 0.29) is 0 Å². The van der Waals surface area contributed by atoms with Crippen LogP contribution in [0.3, 0.4) is 0 Å². The van der Waals surface area contributed by atoms with Crippen LogP contribution in [-0.2, 0) is 5.41 Å². The van der Waals surface area contributed by atoms with Crippen molar-refractivity contribution in [3.8, 4) is 56.3 Å². The van der Waals surface area contributed by atoms with E-state index in [1.165, 1.54) is 33.4 Å². The Bertz CT molecular complexity index is 3010. The summed E-state index contributed by atoms with van der Waals surface area (Å²) in [6.07, 6.45) is 0. The Kier molecular flexibility index (Phi) is 7.38. The minimum absolute atomic E-state index is 0.494. The molecule has 0 amide bonds. The number of fused-ring (bicyclic) bond motifs is 5. The van der Waals surface area contributed by atoms with E-state index in [4.69, 9.17) is 25.4 Å². The first-order valence-electron chi connectivity index (χ1n) is 18.9. The van der Waals surface area contributed by atoms with E-state index in [1.807, 2.05) is 66.7 Å². The summed E-state index contributed by atoms with van der Waals surface area (Å²) < 4.78 is 12.6. The van der Waals surface area contributed by atoms with Crippen LogP contribution in [0, 0.1) is 6.57 Å². The highest BCUT2D eigenvalue weighted by Gasteiger charge is 2.46. The number of benzene rings is 8. The molecule has 0 unspecified atom stereocenters. The summed E-state index contributed by atoms with van der Waals surface area (Å²) in [5, 5.41) is 0. The molecule has 0 radical (unpaired) electrons. The van der Waals surface area contributed by atoms with Crippen molar-refractivity contribution in [2.24, 2.45) is 0 Å². The summed E-state index contributed by atoms with van der Waals surface area (Å²) in [5.41, 5.74) is 15.6. The van der Waals surface area contributed by atoms with Crippen molar-refractivity contribution in [2.45, 2.75) is 5.41 Å². The maximum atomic E-state index is 8.21. The van der Waals surface area contributed by atoms with Crippen molar-refractivity contribution < 1.29 is 8.83 Å². The highest BCUT2D eigenvalue weighted by Crippen LogP contribution is 2.56. The number of nitrogens with zero attached hydrogens (tertiary/aromatic N) is 3. The lowest BCUT2D eigenvalue weighted by atomic mass is 9.67. The molecule has 1 aliphatic carbocycles. The number of oxazole rings is 2. The zero-order valence-corrected chi connectivity index (χ0v) is 30.6. The lowest BCUT2D eigenvalue weighted by Crippen LogP contribution is -2.28. The molecule has 8 aromatic carbocycles. The summed E-state index contributed by atoms with van der Waals surface area (Å²) in [7, 11) is 0. The number of hydrogen-bond donors (Lipinski definition) is 0. The first-order valence-corrected chi connectivity index (χ1v) is 18.9. The molecule has 10 aromatic rings. The third kappa shape index (κ3) is 5.23. The summed E-state index contributed by atoms with van der Waals surface area (Å²) >= 11 is 0. The smallest absolute Gasteiger partial charge is 0.227 e. The summed E-state index contributed by atoms with van der Waals surface area (Å²) in [6.45, 7) is 8.21. The van der Waals surface area contributed by atoms with Crippen LogP contribution in [0.25, 0.3) is 83.3 Å². The Balaban J connectivity index is 1.11. The average Bonchev–Trinajstić information content (AvgIpc) is 4.00. The van der Waals surface area contributed by atoms with E-state index in [1.54, 1.807) is 0 Å². The van der Waals surface area contributed by atoms with Gasteiger partial charge in [0.15, 0.2) is 16.9 Å². The molecular weight excluding hydrogens is 699 g/mol. The fourth-order valence-corrected chi connectivity index (χ4v) is 8.67. The van der Waals surface area contributed by atoms with Gasteiger partial charge in [-0.3, -0.25) is 0 Å². The van der Waals surface area contributed by atoms with Crippen molar-refractivity contribution >= 4 is 27.9 Å². The highest BCUT2D eigenvalue weighted by atomic mass is 16.4. The molecule has 0 bridgehead atoms. The second-order valence-corrected chi connectivity index (χ2v) is 14.4. The molecule has 0 aliphatic heterocycles. The van der Waals surface area contributed by atoms with Crippen LogP contribution in [0.15, 0.2) is 197 Å². The second-order valence-electron chi connectivity index (χ2n) is 14.4. The largest absolute Gasteiger partial charge is 0.436 e. The fraction of sp³-hybridized carbons (Fsp3) is 0.0192. The molecular formula is C52H31N3O2. The Morgan fingerprint density at radius 2 is 0.877 bits per heavy atom. The molecule has 0 N–H and O–H groups in total. The predicted octanol–water partition coefficient (Wildman–Crippen LogP) is 13.6. The van der Waals surface area contributed by atoms with Crippen molar-refractivity contribution in [2.75, 3.05) is 0 Å². The molecule has 2 heterocycles. The van der Waals surface area contributed by atoms with E-state index in [9.17, 15) is 0 Å². The highest BCUT2D eigenvalue weighted by molar-refractivity contribution is 5.90. The Morgan fingerprint density at radius 1 is 0.404 bits per heavy atom. The fourth-order valence-electron chi connectivity index (χ4n) is 8.67. The summed E-state index contributed by atoms with van der Waals surface area (Å²) in [5.74, 6) is 0.988. The second kappa shape index (κ2) is 12.9. The number of para-hydroxylation sites is 4. The van der Waals surface area contributed by atoms with Crippen LogP contribution in [-0.4, -0.2) is 9.97 Å². The average molecular weight is 730 g/mol. The zero-order valence-electron chi connectivity index (χ0n) is 30.6. The lowest BCUT2D eigenvalue weighted by Gasteiger charge is -2.34. The van der Waals surface area contributed by atoms with Gasteiger partial charge in [-0.15, -0.1) is 0 Å². The minimum Gasteiger partial charge on any atom is -0.436 e. The van der Waals surface area contributed by atoms with Crippen LogP contribution in [0.2, 0.25) is 0 Å². The van der Waals surface area contributed by atoms with E-state index in [2.05, 4.69) is 126 Å². The van der Waals surface area contributed by atoms with E-state index < -0.39 is 5.41 Å². The summed E-state index contributed by atoms with van der Waals surface area (Å²) in [4.78, 5) is 13.7. The van der Waals surface area contributed by atoms with Gasteiger partial charge in [0.25, 0.3) is 0 Å². The first kappa shape index (κ1) is 32.6. The van der Waals surface area contributed by atoms with Crippen LogP contribution in [0.5, 0.6) is 0 Å². The van der Waals surface area contributed by atoms with E-state index in [0.29, 0.717) is 28.6 Å². The Hall–Kier alpha value is -7.81. The van der Waals surface area contributed by atoms with Gasteiger partial charge in [0.2, 0.25) is 11.8 Å². The molecule has 5 nitrogen and oxygen atoms in total. The molecule has 0 saturated carbocycles. The molecule has 0 fully saturated rings. The van der Waals surface area contributed by atoms with Gasteiger partial charge in [-0.05, 0) is 122 Å². The predicted molar refractivity (Wildman–Crippen MR) is 227 cm³/mol. The van der Waals surface area contributed by atoms with Gasteiger partial charge in [-0.2, -0.15) is 0 Å². The minimum atomic E-state index is -0.535. The van der Waals surface area contributed by atoms with Gasteiger partial charge in [-0.25, -0.2) is 14.8 Å². The van der Waals surface area contributed by atoms with Crippen molar-refractivity contribution in [1.82, 2.24) is 9.97 Å². The van der Waals surface area contributed by atoms with Gasteiger partial charge in [0, 0.05) is 11.1 Å². The van der Waals surface area contributed by atoms with Gasteiger partial charge in [-0.1, -0.05) is 121 Å². The van der Waals surface area contributed by atoms with Gasteiger partial charge in [0.1, 0.15) is 11.0 Å². The molecule has 0 atom stereocenters. The molecule has 1 aliphatic rings. The normalized spacial score (nSPS) is 12.7. The number of rotatable bonds is 6. The first-order chi connectivity index (χ1) is 28.2. The van der Waals surface area contributed by atoms with Crippen LogP contribution in [0.4, 0.5) is 5.69 Å². The van der Waals surface area contributed by atoms with E-state index in [0.717, 1.165) is 44.4 Å². The van der Waals surface area contributed by atoms with E-state index >= 15 is 0 Å². The quantitative estimate of drug-likeness (QED) is 0.160. The zero-order chi connectivity index (χ0) is 37.9. The molecule has 11 rings (SSSR count). The van der Waals surface area contributed by atoms with Crippen LogP contribution < -0.4 is 0 Å². The van der Waals surface area contributed by atoms with Crippen molar-refractivity contribution in [3.05, 3.63) is 222 Å². The van der Waals surface area contributed by atoms with Gasteiger partial charge >= 0.3 is 0 Å². The topological polar surface area (TPSA) is 56.4 Å². The molecule has 2 aromatic heterocycles. The number of aromatic nitrogens is 2. The van der Waals surface area contributed by atoms with Crippen molar-refractivity contribution in [1.29, 1.82) is 0 Å². The Morgan fingerprint density at radius 3 is 1.47 bits per heavy atom. The van der Waals surface area contributed by atoms with Crippen LogP contribution >= 0.6 is 0 Å². The number of hydrogen-bond acceptors (Lipinski definition) is 4. The molecule has 266 valence electrons. The third-order valence-corrected chi connectivity index (χ3v) is 11.2. The summed E-state index contributed by atoms with van der Waals surface area (Å²) in [6, 6.07) is 64.9. The lowest BCUT2D eigenvalue weighted by molar-refractivity contribution is 0.617.